The predicted molar refractivity (Wildman–Crippen MR) is 66.4 cm³/mol. The number of rotatable bonds is 7. The Hall–Kier alpha value is -0.860. The average Bonchev–Trinajstić information content (AvgIpc) is 2.25. The van der Waals surface area contributed by atoms with Crippen LogP contribution in [0.3, 0.4) is 0 Å². The van der Waals surface area contributed by atoms with E-state index < -0.39 is 0 Å². The SMILES string of the molecule is CCCCCC.CCOC(=O)CCC(C)=O. The monoisotopic (exact) mass is 230 g/mol. The molecule has 0 heterocycles. The number of carbonyl (C=O) groups is 2. The van der Waals surface area contributed by atoms with Gasteiger partial charge in [0.05, 0.1) is 13.0 Å². The Morgan fingerprint density at radius 2 is 1.44 bits per heavy atom. The summed E-state index contributed by atoms with van der Waals surface area (Å²) in [6.45, 7) is 8.05. The molecule has 0 aromatic carbocycles. The van der Waals surface area contributed by atoms with Crippen molar-refractivity contribution in [3.63, 3.8) is 0 Å². The molecule has 0 amide bonds. The summed E-state index contributed by atoms with van der Waals surface area (Å²) in [6, 6.07) is 0. The predicted octanol–water partition coefficient (Wildman–Crippen LogP) is 3.51. The van der Waals surface area contributed by atoms with Crippen LogP contribution in [0.15, 0.2) is 0 Å². The van der Waals surface area contributed by atoms with E-state index in [4.69, 9.17) is 0 Å². The van der Waals surface area contributed by atoms with Crippen LogP contribution in [0.1, 0.15) is 66.2 Å². The standard InChI is InChI=1S/C7H12O3.C6H14/c1-3-10-7(9)5-4-6(2)8;1-3-5-6-4-2/h3-5H2,1-2H3;3-6H2,1-2H3. The highest BCUT2D eigenvalue weighted by Gasteiger charge is 2.02. The van der Waals surface area contributed by atoms with Crippen LogP contribution >= 0.6 is 0 Å². The molecule has 96 valence electrons. The first-order chi connectivity index (χ1) is 7.58. The minimum absolute atomic E-state index is 0.0213. The zero-order valence-corrected chi connectivity index (χ0v) is 11.2. The van der Waals surface area contributed by atoms with E-state index in [9.17, 15) is 9.59 Å². The van der Waals surface area contributed by atoms with Gasteiger partial charge in [-0.2, -0.15) is 0 Å². The second-order valence-electron chi connectivity index (χ2n) is 3.71. The highest BCUT2D eigenvalue weighted by Crippen LogP contribution is 1.95. The Kier molecular flexibility index (Phi) is 15.5. The van der Waals surface area contributed by atoms with Crippen molar-refractivity contribution < 1.29 is 14.3 Å². The Morgan fingerprint density at radius 3 is 1.75 bits per heavy atom. The van der Waals surface area contributed by atoms with Crippen molar-refractivity contribution in [3.05, 3.63) is 0 Å². The minimum atomic E-state index is -0.294. The molecule has 0 bridgehead atoms. The van der Waals surface area contributed by atoms with Crippen LogP contribution in [-0.4, -0.2) is 18.4 Å². The van der Waals surface area contributed by atoms with Gasteiger partial charge in [0.2, 0.25) is 0 Å². The van der Waals surface area contributed by atoms with Gasteiger partial charge in [0.25, 0.3) is 0 Å². The summed E-state index contributed by atoms with van der Waals surface area (Å²) in [4.78, 5) is 20.9. The van der Waals surface area contributed by atoms with E-state index in [2.05, 4.69) is 18.6 Å². The van der Waals surface area contributed by atoms with Gasteiger partial charge < -0.3 is 9.53 Å². The summed E-state index contributed by atoms with van der Waals surface area (Å²) in [5, 5.41) is 0. The van der Waals surface area contributed by atoms with Crippen molar-refractivity contribution in [3.8, 4) is 0 Å². The Labute approximate surface area is 99.6 Å². The Balaban J connectivity index is 0. The molecule has 16 heavy (non-hydrogen) atoms. The topological polar surface area (TPSA) is 43.4 Å². The zero-order chi connectivity index (χ0) is 12.8. The lowest BCUT2D eigenvalue weighted by molar-refractivity contribution is -0.144. The molecule has 0 fully saturated rings. The van der Waals surface area contributed by atoms with Crippen LogP contribution < -0.4 is 0 Å². The fourth-order valence-electron chi connectivity index (χ4n) is 1.01. The number of esters is 1. The maximum atomic E-state index is 10.6. The molecular formula is C13H26O3. The minimum Gasteiger partial charge on any atom is -0.466 e. The normalized spacial score (nSPS) is 9.00. The van der Waals surface area contributed by atoms with Crippen molar-refractivity contribution >= 4 is 11.8 Å². The lowest BCUT2D eigenvalue weighted by Crippen LogP contribution is -2.05. The van der Waals surface area contributed by atoms with E-state index in [1.807, 2.05) is 0 Å². The Bertz CT molecular complexity index is 172. The summed E-state index contributed by atoms with van der Waals surface area (Å²) in [5.74, 6) is -0.272. The number of ether oxygens (including phenoxy) is 1. The van der Waals surface area contributed by atoms with Gasteiger partial charge in [0.15, 0.2) is 0 Å². The first-order valence-electron chi connectivity index (χ1n) is 6.23. The third-order valence-corrected chi connectivity index (χ3v) is 1.94. The van der Waals surface area contributed by atoms with Gasteiger partial charge in [-0.15, -0.1) is 0 Å². The number of carbonyl (C=O) groups excluding carboxylic acids is 2. The van der Waals surface area contributed by atoms with E-state index in [1.54, 1.807) is 6.92 Å². The molecule has 3 heteroatoms. The maximum absolute atomic E-state index is 10.6. The molecule has 0 unspecified atom stereocenters. The van der Waals surface area contributed by atoms with Gasteiger partial charge in [-0.3, -0.25) is 4.79 Å². The highest BCUT2D eigenvalue weighted by atomic mass is 16.5. The molecule has 0 aromatic heterocycles. The van der Waals surface area contributed by atoms with E-state index in [1.165, 1.54) is 32.6 Å². The highest BCUT2D eigenvalue weighted by molar-refractivity contribution is 5.80. The molecule has 0 radical (unpaired) electrons. The second kappa shape index (κ2) is 14.1. The van der Waals surface area contributed by atoms with Gasteiger partial charge in [-0.1, -0.05) is 39.5 Å². The van der Waals surface area contributed by atoms with Crippen LogP contribution in [0, 0.1) is 0 Å². The smallest absolute Gasteiger partial charge is 0.306 e. The molecule has 0 rings (SSSR count). The molecule has 0 saturated carbocycles. The van der Waals surface area contributed by atoms with E-state index in [-0.39, 0.29) is 18.2 Å². The van der Waals surface area contributed by atoms with Crippen molar-refractivity contribution in [2.45, 2.75) is 66.2 Å². The molecule has 0 aliphatic heterocycles. The summed E-state index contributed by atoms with van der Waals surface area (Å²) in [6.07, 6.45) is 6.04. The average molecular weight is 230 g/mol. The van der Waals surface area contributed by atoms with Gasteiger partial charge in [0, 0.05) is 6.42 Å². The number of ketones is 1. The molecule has 0 aliphatic carbocycles. The van der Waals surface area contributed by atoms with Crippen LogP contribution in [0.2, 0.25) is 0 Å². The molecule has 0 atom stereocenters. The molecule has 0 saturated heterocycles. The zero-order valence-electron chi connectivity index (χ0n) is 11.2. The van der Waals surface area contributed by atoms with Crippen LogP contribution in [0.25, 0.3) is 0 Å². The molecule has 0 aliphatic rings. The molecule has 3 nitrogen and oxygen atoms in total. The van der Waals surface area contributed by atoms with Gasteiger partial charge in [-0.25, -0.2) is 0 Å². The van der Waals surface area contributed by atoms with E-state index in [0.29, 0.717) is 13.0 Å². The molecule has 0 spiro atoms. The second-order valence-corrected chi connectivity index (χ2v) is 3.71. The van der Waals surface area contributed by atoms with Crippen molar-refractivity contribution in [1.29, 1.82) is 0 Å². The molecular weight excluding hydrogens is 204 g/mol. The van der Waals surface area contributed by atoms with E-state index in [0.717, 1.165) is 0 Å². The fourth-order valence-corrected chi connectivity index (χ4v) is 1.01. The number of hydrogen-bond donors (Lipinski definition) is 0. The van der Waals surface area contributed by atoms with Crippen molar-refractivity contribution in [1.82, 2.24) is 0 Å². The largest absolute Gasteiger partial charge is 0.466 e. The third kappa shape index (κ3) is 18.8. The van der Waals surface area contributed by atoms with E-state index >= 15 is 0 Å². The lowest BCUT2D eigenvalue weighted by atomic mass is 10.2. The first-order valence-corrected chi connectivity index (χ1v) is 6.23. The van der Waals surface area contributed by atoms with Crippen LogP contribution in [-0.2, 0) is 14.3 Å². The summed E-state index contributed by atoms with van der Waals surface area (Å²) in [5.41, 5.74) is 0. The quantitative estimate of drug-likeness (QED) is 0.496. The summed E-state index contributed by atoms with van der Waals surface area (Å²) >= 11 is 0. The first kappa shape index (κ1) is 17.5. The maximum Gasteiger partial charge on any atom is 0.306 e. The lowest BCUT2D eigenvalue weighted by Gasteiger charge is -1.97. The van der Waals surface area contributed by atoms with Crippen LogP contribution in [0.5, 0.6) is 0 Å². The molecule has 0 N–H and O–H groups in total. The van der Waals surface area contributed by atoms with Crippen molar-refractivity contribution in [2.75, 3.05) is 6.61 Å². The van der Waals surface area contributed by atoms with Crippen molar-refractivity contribution in [2.24, 2.45) is 0 Å². The summed E-state index contributed by atoms with van der Waals surface area (Å²) in [7, 11) is 0. The summed E-state index contributed by atoms with van der Waals surface area (Å²) < 4.78 is 4.60. The van der Waals surface area contributed by atoms with Gasteiger partial charge in [-0.05, 0) is 13.8 Å². The number of Topliss-reactive ketones (excluding diaryl/α,β-unsaturated/α-hetero) is 1. The van der Waals surface area contributed by atoms with Gasteiger partial charge in [0.1, 0.15) is 5.78 Å². The number of unbranched alkanes of at least 4 members (excludes halogenated alkanes) is 3. The van der Waals surface area contributed by atoms with Gasteiger partial charge >= 0.3 is 5.97 Å². The fraction of sp³-hybridized carbons (Fsp3) is 0.846. The molecule has 0 aromatic rings. The third-order valence-electron chi connectivity index (χ3n) is 1.94. The van der Waals surface area contributed by atoms with Crippen LogP contribution in [0.4, 0.5) is 0 Å². The Morgan fingerprint density at radius 1 is 0.938 bits per heavy atom. The number of hydrogen-bond acceptors (Lipinski definition) is 3.